The molecule has 0 bridgehead atoms. The molecule has 0 aromatic heterocycles. The van der Waals surface area contributed by atoms with Gasteiger partial charge in [0.15, 0.2) is 5.78 Å². The number of Topliss-reactive ketones (excluding diaryl/α,β-unsaturated/α-hetero) is 1. The van der Waals surface area contributed by atoms with Crippen LogP contribution >= 0.6 is 0 Å². The molecule has 3 amide bonds. The van der Waals surface area contributed by atoms with Crippen molar-refractivity contribution in [1.29, 1.82) is 0 Å². The van der Waals surface area contributed by atoms with Crippen LogP contribution in [0.15, 0.2) is 48.5 Å². The molecule has 2 N–H and O–H groups in total. The van der Waals surface area contributed by atoms with Gasteiger partial charge in [-0.3, -0.25) is 19.2 Å². The first-order valence-electron chi connectivity index (χ1n) is 9.50. The molecule has 0 aliphatic carbocycles. The molecule has 8 nitrogen and oxygen atoms in total. The molecule has 1 aliphatic rings. The average Bonchev–Trinajstić information content (AvgIpc) is 3.14. The van der Waals surface area contributed by atoms with E-state index in [0.717, 1.165) is 0 Å². The molecule has 1 aliphatic heterocycles. The van der Waals surface area contributed by atoms with Crippen molar-refractivity contribution in [3.05, 3.63) is 54.1 Å². The Labute approximate surface area is 174 Å². The van der Waals surface area contributed by atoms with Gasteiger partial charge in [-0.1, -0.05) is 12.1 Å². The van der Waals surface area contributed by atoms with Crippen molar-refractivity contribution in [2.75, 3.05) is 30.4 Å². The Hall–Kier alpha value is -3.68. The van der Waals surface area contributed by atoms with Crippen LogP contribution in [0.5, 0.6) is 5.75 Å². The minimum Gasteiger partial charge on any atom is -0.497 e. The zero-order valence-electron chi connectivity index (χ0n) is 16.8. The van der Waals surface area contributed by atoms with Gasteiger partial charge in [-0.2, -0.15) is 0 Å². The Bertz CT molecular complexity index is 971. The third-order valence-corrected chi connectivity index (χ3v) is 4.86. The van der Waals surface area contributed by atoms with Gasteiger partial charge in [0.2, 0.25) is 17.7 Å². The molecular formula is C22H23N3O5. The largest absolute Gasteiger partial charge is 0.497 e. The SMILES string of the molecule is COc1ccc(N2C[C@@H](C(=O)NCC(=O)Nc3cccc(C(C)=O)c3)CC2=O)cc1. The molecular weight excluding hydrogens is 386 g/mol. The third kappa shape index (κ3) is 5.02. The monoisotopic (exact) mass is 409 g/mol. The molecule has 156 valence electrons. The van der Waals surface area contributed by atoms with Gasteiger partial charge in [-0.15, -0.1) is 0 Å². The summed E-state index contributed by atoms with van der Waals surface area (Å²) in [5, 5.41) is 5.22. The lowest BCUT2D eigenvalue weighted by Gasteiger charge is -2.17. The molecule has 1 heterocycles. The van der Waals surface area contributed by atoms with Crippen molar-refractivity contribution >= 4 is 34.9 Å². The molecule has 30 heavy (non-hydrogen) atoms. The maximum Gasteiger partial charge on any atom is 0.243 e. The van der Waals surface area contributed by atoms with E-state index >= 15 is 0 Å². The molecule has 3 rings (SSSR count). The summed E-state index contributed by atoms with van der Waals surface area (Å²) in [6.45, 7) is 1.47. The van der Waals surface area contributed by atoms with E-state index in [1.54, 1.807) is 60.5 Å². The number of nitrogens with zero attached hydrogens (tertiary/aromatic N) is 1. The van der Waals surface area contributed by atoms with Crippen LogP contribution in [0.4, 0.5) is 11.4 Å². The van der Waals surface area contributed by atoms with E-state index in [1.807, 2.05) is 0 Å². The molecule has 2 aromatic rings. The van der Waals surface area contributed by atoms with E-state index in [4.69, 9.17) is 4.74 Å². The molecule has 0 unspecified atom stereocenters. The number of rotatable bonds is 7. The summed E-state index contributed by atoms with van der Waals surface area (Å²) in [5.74, 6) is -0.877. The zero-order chi connectivity index (χ0) is 21.7. The number of ether oxygens (including phenoxy) is 1. The molecule has 1 fully saturated rings. The van der Waals surface area contributed by atoms with Crippen molar-refractivity contribution in [3.8, 4) is 5.75 Å². The Morgan fingerprint density at radius 2 is 1.87 bits per heavy atom. The van der Waals surface area contributed by atoms with E-state index in [0.29, 0.717) is 22.7 Å². The second-order valence-electron chi connectivity index (χ2n) is 7.01. The quantitative estimate of drug-likeness (QED) is 0.681. The summed E-state index contributed by atoms with van der Waals surface area (Å²) in [6, 6.07) is 13.6. The van der Waals surface area contributed by atoms with Gasteiger partial charge < -0.3 is 20.3 Å². The summed E-state index contributed by atoms with van der Waals surface area (Å²) in [4.78, 5) is 49.9. The summed E-state index contributed by atoms with van der Waals surface area (Å²) < 4.78 is 5.11. The topological polar surface area (TPSA) is 105 Å². The Morgan fingerprint density at radius 3 is 2.53 bits per heavy atom. The van der Waals surface area contributed by atoms with E-state index in [2.05, 4.69) is 10.6 Å². The molecule has 2 aromatic carbocycles. The Morgan fingerprint density at radius 1 is 1.13 bits per heavy atom. The van der Waals surface area contributed by atoms with Crippen LogP contribution in [0.3, 0.4) is 0 Å². The number of hydrogen-bond acceptors (Lipinski definition) is 5. The Balaban J connectivity index is 1.52. The number of amides is 3. The number of carbonyl (C=O) groups excluding carboxylic acids is 4. The van der Waals surface area contributed by atoms with Gasteiger partial charge in [0.25, 0.3) is 0 Å². The van der Waals surface area contributed by atoms with Gasteiger partial charge in [-0.25, -0.2) is 0 Å². The van der Waals surface area contributed by atoms with Crippen LogP contribution in [-0.4, -0.2) is 43.7 Å². The van der Waals surface area contributed by atoms with E-state index < -0.39 is 11.8 Å². The van der Waals surface area contributed by atoms with E-state index in [9.17, 15) is 19.2 Å². The smallest absolute Gasteiger partial charge is 0.243 e. The summed E-state index contributed by atoms with van der Waals surface area (Å²) >= 11 is 0. The highest BCUT2D eigenvalue weighted by atomic mass is 16.5. The first-order chi connectivity index (χ1) is 14.4. The van der Waals surface area contributed by atoms with E-state index in [-0.39, 0.29) is 37.1 Å². The molecule has 0 spiro atoms. The maximum atomic E-state index is 12.4. The van der Waals surface area contributed by atoms with Gasteiger partial charge in [0.05, 0.1) is 19.6 Å². The van der Waals surface area contributed by atoms with Crippen molar-refractivity contribution in [3.63, 3.8) is 0 Å². The second-order valence-corrected chi connectivity index (χ2v) is 7.01. The number of benzene rings is 2. The summed E-state index contributed by atoms with van der Waals surface area (Å²) in [5.41, 5.74) is 1.66. The summed E-state index contributed by atoms with van der Waals surface area (Å²) in [7, 11) is 1.56. The molecule has 0 radical (unpaired) electrons. The van der Waals surface area contributed by atoms with Gasteiger partial charge in [0, 0.05) is 29.9 Å². The molecule has 0 saturated carbocycles. The first kappa shape index (κ1) is 21.0. The lowest BCUT2D eigenvalue weighted by Crippen LogP contribution is -2.37. The number of ketones is 1. The average molecular weight is 409 g/mol. The fourth-order valence-corrected chi connectivity index (χ4v) is 3.23. The number of nitrogens with one attached hydrogen (secondary N) is 2. The van der Waals surface area contributed by atoms with Gasteiger partial charge >= 0.3 is 0 Å². The fourth-order valence-electron chi connectivity index (χ4n) is 3.23. The highest BCUT2D eigenvalue weighted by Crippen LogP contribution is 2.26. The zero-order valence-corrected chi connectivity index (χ0v) is 16.8. The first-order valence-corrected chi connectivity index (χ1v) is 9.50. The lowest BCUT2D eigenvalue weighted by molar-refractivity contribution is -0.127. The second kappa shape index (κ2) is 9.21. The van der Waals surface area contributed by atoms with Crippen LogP contribution < -0.4 is 20.3 Å². The van der Waals surface area contributed by atoms with Gasteiger partial charge in [0.1, 0.15) is 5.75 Å². The number of hydrogen-bond donors (Lipinski definition) is 2. The van der Waals surface area contributed by atoms with Crippen LogP contribution in [0.1, 0.15) is 23.7 Å². The molecule has 8 heteroatoms. The minimum absolute atomic E-state index is 0.0835. The predicted molar refractivity (Wildman–Crippen MR) is 112 cm³/mol. The highest BCUT2D eigenvalue weighted by Gasteiger charge is 2.35. The predicted octanol–water partition coefficient (Wildman–Crippen LogP) is 2.01. The summed E-state index contributed by atoms with van der Waals surface area (Å²) in [6.07, 6.45) is 0.0835. The van der Waals surface area contributed by atoms with Crippen LogP contribution in [-0.2, 0) is 14.4 Å². The number of carbonyl (C=O) groups is 4. The maximum absolute atomic E-state index is 12.4. The van der Waals surface area contributed by atoms with Crippen LogP contribution in [0, 0.1) is 5.92 Å². The van der Waals surface area contributed by atoms with Crippen molar-refractivity contribution in [1.82, 2.24) is 5.32 Å². The standard InChI is InChI=1S/C22H23N3O5/c1-14(26)15-4-3-5-17(10-15)24-20(27)12-23-22(29)16-11-21(28)25(13-16)18-6-8-19(30-2)9-7-18/h3-10,16H,11-13H2,1-2H3,(H,23,29)(H,24,27)/t16-/m0/s1. The minimum atomic E-state index is -0.534. The Kier molecular flexibility index (Phi) is 6.46. The van der Waals surface area contributed by atoms with Crippen LogP contribution in [0.25, 0.3) is 0 Å². The molecule has 1 atom stereocenters. The number of methoxy groups -OCH3 is 1. The number of anilines is 2. The van der Waals surface area contributed by atoms with Gasteiger partial charge in [-0.05, 0) is 43.3 Å². The van der Waals surface area contributed by atoms with E-state index in [1.165, 1.54) is 6.92 Å². The third-order valence-electron chi connectivity index (χ3n) is 4.86. The van der Waals surface area contributed by atoms with Crippen molar-refractivity contribution in [2.45, 2.75) is 13.3 Å². The van der Waals surface area contributed by atoms with Crippen molar-refractivity contribution in [2.24, 2.45) is 5.92 Å². The fraction of sp³-hybridized carbons (Fsp3) is 0.273. The normalized spacial score (nSPS) is 15.6. The van der Waals surface area contributed by atoms with Crippen LogP contribution in [0.2, 0.25) is 0 Å². The lowest BCUT2D eigenvalue weighted by atomic mass is 10.1. The van der Waals surface area contributed by atoms with Crippen molar-refractivity contribution < 1.29 is 23.9 Å². The highest BCUT2D eigenvalue weighted by molar-refractivity contribution is 6.02. The molecule has 1 saturated heterocycles.